The van der Waals surface area contributed by atoms with Gasteiger partial charge in [0, 0.05) is 27.7 Å². The lowest BCUT2D eigenvalue weighted by atomic mass is 10.0. The summed E-state index contributed by atoms with van der Waals surface area (Å²) >= 11 is 11.2. The molecular formula is C15H11BrClNOS. The molecule has 0 spiro atoms. The second-order valence-corrected chi connectivity index (χ2v) is 6.80. The molecule has 20 heavy (non-hydrogen) atoms. The molecule has 3 rings (SSSR count). The molecular weight excluding hydrogens is 358 g/mol. The van der Waals surface area contributed by atoms with Gasteiger partial charge in [0.05, 0.1) is 16.3 Å². The Labute approximate surface area is 134 Å². The number of hydrogen-bond acceptors (Lipinski definition) is 3. The van der Waals surface area contributed by atoms with Crippen molar-refractivity contribution in [2.45, 2.75) is 12.5 Å². The van der Waals surface area contributed by atoms with Crippen molar-refractivity contribution in [1.82, 2.24) is 4.98 Å². The summed E-state index contributed by atoms with van der Waals surface area (Å²) in [5.74, 6) is 0. The summed E-state index contributed by atoms with van der Waals surface area (Å²) in [6, 6.07) is 9.65. The summed E-state index contributed by atoms with van der Waals surface area (Å²) in [5, 5.41) is 13.0. The van der Waals surface area contributed by atoms with Gasteiger partial charge >= 0.3 is 0 Å². The van der Waals surface area contributed by atoms with Crippen molar-refractivity contribution in [1.29, 1.82) is 0 Å². The molecule has 0 aliphatic carbocycles. The molecule has 0 saturated carbocycles. The van der Waals surface area contributed by atoms with Gasteiger partial charge in [-0.25, -0.2) is 0 Å². The van der Waals surface area contributed by atoms with Crippen molar-refractivity contribution in [2.24, 2.45) is 0 Å². The van der Waals surface area contributed by atoms with Crippen LogP contribution in [0.3, 0.4) is 0 Å². The van der Waals surface area contributed by atoms with Gasteiger partial charge in [-0.05, 0) is 35.2 Å². The molecule has 102 valence electrons. The molecule has 1 N–H and O–H groups in total. The highest BCUT2D eigenvalue weighted by Gasteiger charge is 2.12. The molecule has 0 fully saturated rings. The average Bonchev–Trinajstić information content (AvgIpc) is 2.89. The number of aliphatic hydroxyl groups is 1. The SMILES string of the molecule is OC(Cc1ccc(Br)cc1Cl)c1cnc2ccsc2c1. The van der Waals surface area contributed by atoms with E-state index in [1.807, 2.05) is 35.7 Å². The first-order chi connectivity index (χ1) is 9.63. The molecule has 5 heteroatoms. The van der Waals surface area contributed by atoms with Gasteiger partial charge in [0.25, 0.3) is 0 Å². The zero-order valence-corrected chi connectivity index (χ0v) is 13.5. The predicted octanol–water partition coefficient (Wildman–Crippen LogP) is 4.99. The van der Waals surface area contributed by atoms with E-state index in [1.54, 1.807) is 17.5 Å². The van der Waals surface area contributed by atoms with Crippen molar-refractivity contribution in [3.63, 3.8) is 0 Å². The first-order valence-electron chi connectivity index (χ1n) is 6.08. The minimum Gasteiger partial charge on any atom is -0.388 e. The Kier molecular flexibility index (Phi) is 4.08. The largest absolute Gasteiger partial charge is 0.388 e. The number of halogens is 2. The molecule has 0 aliphatic rings. The Balaban J connectivity index is 1.86. The van der Waals surface area contributed by atoms with Gasteiger partial charge in [-0.3, -0.25) is 4.98 Å². The minimum absolute atomic E-state index is 0.477. The van der Waals surface area contributed by atoms with E-state index >= 15 is 0 Å². The smallest absolute Gasteiger partial charge is 0.0846 e. The maximum absolute atomic E-state index is 10.4. The van der Waals surface area contributed by atoms with Crippen LogP contribution in [0.1, 0.15) is 17.2 Å². The Morgan fingerprint density at radius 1 is 1.30 bits per heavy atom. The molecule has 1 unspecified atom stereocenters. The minimum atomic E-state index is -0.604. The summed E-state index contributed by atoms with van der Waals surface area (Å²) in [6.45, 7) is 0. The fourth-order valence-corrected chi connectivity index (χ4v) is 3.60. The van der Waals surface area contributed by atoms with Gasteiger partial charge in [0.15, 0.2) is 0 Å². The van der Waals surface area contributed by atoms with Gasteiger partial charge < -0.3 is 5.11 Å². The number of hydrogen-bond donors (Lipinski definition) is 1. The highest BCUT2D eigenvalue weighted by atomic mass is 79.9. The number of nitrogens with zero attached hydrogens (tertiary/aromatic N) is 1. The van der Waals surface area contributed by atoms with Gasteiger partial charge in [0.1, 0.15) is 0 Å². The summed E-state index contributed by atoms with van der Waals surface area (Å²) in [6.07, 6.45) is 1.60. The van der Waals surface area contributed by atoms with Crippen molar-refractivity contribution in [3.05, 3.63) is 62.5 Å². The van der Waals surface area contributed by atoms with E-state index in [1.165, 1.54) is 0 Å². The predicted molar refractivity (Wildman–Crippen MR) is 87.4 cm³/mol. The summed E-state index contributed by atoms with van der Waals surface area (Å²) < 4.78 is 2.02. The average molecular weight is 369 g/mol. The number of aliphatic hydroxyl groups excluding tert-OH is 1. The number of aromatic nitrogens is 1. The van der Waals surface area contributed by atoms with Crippen LogP contribution >= 0.6 is 38.9 Å². The second kappa shape index (κ2) is 5.82. The van der Waals surface area contributed by atoms with E-state index in [0.29, 0.717) is 11.4 Å². The maximum Gasteiger partial charge on any atom is 0.0846 e. The maximum atomic E-state index is 10.4. The first kappa shape index (κ1) is 14.0. The topological polar surface area (TPSA) is 33.1 Å². The molecule has 2 heterocycles. The standard InChI is InChI=1S/C15H11BrClNOS/c16-11-2-1-9(12(17)7-11)5-14(19)10-6-15-13(18-8-10)3-4-20-15/h1-4,6-8,14,19H,5H2. The van der Waals surface area contributed by atoms with E-state index in [0.717, 1.165) is 25.8 Å². The molecule has 0 amide bonds. The summed E-state index contributed by atoms with van der Waals surface area (Å²) in [7, 11) is 0. The highest BCUT2D eigenvalue weighted by molar-refractivity contribution is 9.10. The zero-order valence-electron chi connectivity index (χ0n) is 10.4. The lowest BCUT2D eigenvalue weighted by molar-refractivity contribution is 0.178. The lowest BCUT2D eigenvalue weighted by Gasteiger charge is -2.12. The van der Waals surface area contributed by atoms with Crippen LogP contribution < -0.4 is 0 Å². The lowest BCUT2D eigenvalue weighted by Crippen LogP contribution is -2.02. The van der Waals surface area contributed by atoms with Gasteiger partial charge in [-0.2, -0.15) is 0 Å². The van der Waals surface area contributed by atoms with E-state index in [9.17, 15) is 5.11 Å². The fourth-order valence-electron chi connectivity index (χ4n) is 2.06. The Morgan fingerprint density at radius 2 is 2.15 bits per heavy atom. The van der Waals surface area contributed by atoms with Crippen LogP contribution in [-0.4, -0.2) is 10.1 Å². The summed E-state index contributed by atoms with van der Waals surface area (Å²) in [4.78, 5) is 4.35. The van der Waals surface area contributed by atoms with Crippen LogP contribution in [0.2, 0.25) is 5.02 Å². The van der Waals surface area contributed by atoms with Crippen LogP contribution in [0.25, 0.3) is 10.2 Å². The molecule has 0 radical (unpaired) electrons. The molecule has 0 saturated heterocycles. The van der Waals surface area contributed by atoms with Gasteiger partial charge in [-0.1, -0.05) is 33.6 Å². The molecule has 2 aromatic heterocycles. The van der Waals surface area contributed by atoms with Gasteiger partial charge in [-0.15, -0.1) is 11.3 Å². The Morgan fingerprint density at radius 3 is 2.95 bits per heavy atom. The van der Waals surface area contributed by atoms with E-state index in [-0.39, 0.29) is 0 Å². The molecule has 0 aliphatic heterocycles. The van der Waals surface area contributed by atoms with E-state index in [4.69, 9.17) is 11.6 Å². The molecule has 0 bridgehead atoms. The van der Waals surface area contributed by atoms with Crippen molar-refractivity contribution in [3.8, 4) is 0 Å². The Hall–Kier alpha value is -0.940. The summed E-state index contributed by atoms with van der Waals surface area (Å²) in [5.41, 5.74) is 2.71. The molecule has 2 nitrogen and oxygen atoms in total. The zero-order chi connectivity index (χ0) is 14.1. The first-order valence-corrected chi connectivity index (χ1v) is 8.13. The van der Waals surface area contributed by atoms with Crippen LogP contribution in [-0.2, 0) is 6.42 Å². The van der Waals surface area contributed by atoms with Crippen molar-refractivity contribution < 1.29 is 5.11 Å². The number of benzene rings is 1. The van der Waals surface area contributed by atoms with Crippen LogP contribution in [0.15, 0.2) is 46.4 Å². The third-order valence-corrected chi connectivity index (χ3v) is 4.84. The number of pyridine rings is 1. The van der Waals surface area contributed by atoms with Crippen LogP contribution in [0.4, 0.5) is 0 Å². The van der Waals surface area contributed by atoms with E-state index in [2.05, 4.69) is 20.9 Å². The third kappa shape index (κ3) is 2.88. The third-order valence-electron chi connectivity index (χ3n) is 3.14. The quantitative estimate of drug-likeness (QED) is 0.706. The number of fused-ring (bicyclic) bond motifs is 1. The Bertz CT molecular complexity index is 758. The fraction of sp³-hybridized carbons (Fsp3) is 0.133. The molecule has 1 atom stereocenters. The second-order valence-electron chi connectivity index (χ2n) is 4.53. The molecule has 1 aromatic carbocycles. The van der Waals surface area contributed by atoms with E-state index < -0.39 is 6.10 Å². The van der Waals surface area contributed by atoms with Crippen molar-refractivity contribution in [2.75, 3.05) is 0 Å². The number of rotatable bonds is 3. The number of thiophene rings is 1. The van der Waals surface area contributed by atoms with Crippen LogP contribution in [0.5, 0.6) is 0 Å². The van der Waals surface area contributed by atoms with Crippen LogP contribution in [0, 0.1) is 0 Å². The highest BCUT2D eigenvalue weighted by Crippen LogP contribution is 2.28. The monoisotopic (exact) mass is 367 g/mol. The normalized spacial score (nSPS) is 12.8. The molecule has 3 aromatic rings. The van der Waals surface area contributed by atoms with Gasteiger partial charge in [0.2, 0.25) is 0 Å². The van der Waals surface area contributed by atoms with Crippen molar-refractivity contribution >= 4 is 49.1 Å².